The Morgan fingerprint density at radius 2 is 0.953 bits per heavy atom. The maximum atomic E-state index is 5.24. The first-order chi connectivity index (χ1) is 21.3. The fourth-order valence-corrected chi connectivity index (χ4v) is 7.41. The van der Waals surface area contributed by atoms with E-state index in [0.717, 1.165) is 32.8 Å². The lowest BCUT2D eigenvalue weighted by Gasteiger charge is -2.13. The Hall–Kier alpha value is -5.45. The number of hydrogen-bond donors (Lipinski definition) is 0. The molecule has 0 aliphatic heterocycles. The molecule has 0 saturated heterocycles. The van der Waals surface area contributed by atoms with E-state index in [2.05, 4.69) is 140 Å². The average molecular weight is 566 g/mol. The molecule has 0 aliphatic carbocycles. The summed E-state index contributed by atoms with van der Waals surface area (Å²) in [5, 5.41) is 9.47. The van der Waals surface area contributed by atoms with E-state index >= 15 is 0 Å². The van der Waals surface area contributed by atoms with Crippen LogP contribution in [0.2, 0.25) is 0 Å². The van der Waals surface area contributed by atoms with Gasteiger partial charge in [0.25, 0.3) is 0 Å². The van der Waals surface area contributed by atoms with Crippen LogP contribution in [0.1, 0.15) is 0 Å². The summed E-state index contributed by atoms with van der Waals surface area (Å²) >= 11 is 1.81. The van der Waals surface area contributed by atoms with Crippen LogP contribution in [0.4, 0.5) is 0 Å². The summed E-state index contributed by atoms with van der Waals surface area (Å²) in [4.78, 5) is 15.6. The zero-order valence-electron chi connectivity index (χ0n) is 23.0. The lowest BCUT2D eigenvalue weighted by Crippen LogP contribution is -2.01. The molecule has 0 radical (unpaired) electrons. The Morgan fingerprint density at radius 1 is 0.372 bits per heavy atom. The molecule has 3 nitrogen and oxygen atoms in total. The smallest absolute Gasteiger partial charge is 0.164 e. The van der Waals surface area contributed by atoms with Crippen molar-refractivity contribution in [1.82, 2.24) is 15.0 Å². The first-order valence-electron chi connectivity index (χ1n) is 14.4. The predicted octanol–water partition coefficient (Wildman–Crippen LogP) is 10.7. The van der Waals surface area contributed by atoms with Crippen LogP contribution in [-0.2, 0) is 0 Å². The van der Waals surface area contributed by atoms with Crippen LogP contribution in [0.5, 0.6) is 0 Å². The molecule has 4 heteroatoms. The first-order valence-corrected chi connectivity index (χ1v) is 15.2. The fourth-order valence-electron chi connectivity index (χ4n) is 6.28. The second kappa shape index (κ2) is 9.55. The summed E-state index contributed by atoms with van der Waals surface area (Å²) < 4.78 is 2.48. The van der Waals surface area contributed by atoms with Gasteiger partial charge in [0.15, 0.2) is 17.5 Å². The minimum absolute atomic E-state index is 0.666. The molecule has 9 rings (SSSR count). The van der Waals surface area contributed by atoms with Crippen molar-refractivity contribution in [3.8, 4) is 34.2 Å². The van der Waals surface area contributed by atoms with E-state index < -0.39 is 0 Å². The van der Waals surface area contributed by atoms with Crippen LogP contribution in [-0.4, -0.2) is 15.0 Å². The highest BCUT2D eigenvalue weighted by atomic mass is 32.1. The molecule has 0 saturated carbocycles. The molecule has 7 aromatic carbocycles. The van der Waals surface area contributed by atoms with Crippen LogP contribution in [0.15, 0.2) is 140 Å². The molecule has 0 atom stereocenters. The molecular formula is C39H23N3S. The van der Waals surface area contributed by atoms with Crippen LogP contribution >= 0.6 is 11.3 Å². The van der Waals surface area contributed by atoms with Crippen LogP contribution in [0.3, 0.4) is 0 Å². The number of aromatic nitrogens is 3. The van der Waals surface area contributed by atoms with E-state index in [1.54, 1.807) is 11.3 Å². The van der Waals surface area contributed by atoms with Crippen LogP contribution in [0, 0.1) is 0 Å². The van der Waals surface area contributed by atoms with Gasteiger partial charge < -0.3 is 0 Å². The summed E-state index contributed by atoms with van der Waals surface area (Å²) in [5.74, 6) is 2.02. The van der Waals surface area contributed by atoms with Crippen molar-refractivity contribution in [1.29, 1.82) is 0 Å². The number of nitrogens with zero attached hydrogens (tertiary/aromatic N) is 3. The van der Waals surface area contributed by atoms with Gasteiger partial charge in [0, 0.05) is 42.2 Å². The van der Waals surface area contributed by atoms with E-state index in [9.17, 15) is 0 Å². The lowest BCUT2D eigenvalue weighted by atomic mass is 9.97. The Morgan fingerprint density at radius 3 is 1.81 bits per heavy atom. The highest BCUT2D eigenvalue weighted by Crippen LogP contribution is 2.40. The summed E-state index contributed by atoms with van der Waals surface area (Å²) in [6.07, 6.45) is 0. The van der Waals surface area contributed by atoms with Gasteiger partial charge in [-0.05, 0) is 45.1 Å². The van der Waals surface area contributed by atoms with Crippen molar-refractivity contribution in [3.05, 3.63) is 140 Å². The Balaban J connectivity index is 1.37. The standard InChI is InChI=1S/C39H23N3S/c1-2-11-27-23-28(22-19-24(27)9-1)37-40-38(31-15-7-12-26-21-20-25-10-3-4-13-29(25)35(26)31)42-39(41-37)32-16-8-18-34-36(32)30-14-5-6-17-33(30)43-34/h1-23H. The van der Waals surface area contributed by atoms with Crippen molar-refractivity contribution in [3.63, 3.8) is 0 Å². The molecule has 200 valence electrons. The molecule has 2 heterocycles. The summed E-state index contributed by atoms with van der Waals surface area (Å²) in [6, 6.07) is 49.2. The van der Waals surface area contributed by atoms with Crippen molar-refractivity contribution in [2.45, 2.75) is 0 Å². The van der Waals surface area contributed by atoms with Gasteiger partial charge in [-0.25, -0.2) is 15.0 Å². The summed E-state index contributed by atoms with van der Waals surface area (Å²) in [6.45, 7) is 0. The maximum Gasteiger partial charge on any atom is 0.164 e. The van der Waals surface area contributed by atoms with Gasteiger partial charge in [0.05, 0.1) is 0 Å². The number of fused-ring (bicyclic) bond motifs is 7. The van der Waals surface area contributed by atoms with Gasteiger partial charge in [-0.2, -0.15) is 0 Å². The maximum absolute atomic E-state index is 5.24. The van der Waals surface area contributed by atoms with E-state index in [1.807, 2.05) is 0 Å². The molecule has 0 amide bonds. The van der Waals surface area contributed by atoms with Gasteiger partial charge in [-0.15, -0.1) is 11.3 Å². The van der Waals surface area contributed by atoms with Gasteiger partial charge in [0.1, 0.15) is 0 Å². The Kier molecular flexibility index (Phi) is 5.37. The zero-order valence-corrected chi connectivity index (χ0v) is 23.8. The molecule has 0 N–H and O–H groups in total. The number of hydrogen-bond acceptors (Lipinski definition) is 4. The minimum atomic E-state index is 0.666. The molecule has 0 aliphatic rings. The van der Waals surface area contributed by atoms with Crippen LogP contribution in [0.25, 0.3) is 86.7 Å². The topological polar surface area (TPSA) is 38.7 Å². The van der Waals surface area contributed by atoms with Gasteiger partial charge >= 0.3 is 0 Å². The van der Waals surface area contributed by atoms with E-state index in [1.165, 1.54) is 36.3 Å². The minimum Gasteiger partial charge on any atom is -0.208 e. The number of benzene rings is 7. The summed E-state index contributed by atoms with van der Waals surface area (Å²) in [7, 11) is 0. The molecule has 0 unspecified atom stereocenters. The largest absolute Gasteiger partial charge is 0.208 e. The average Bonchev–Trinajstić information content (AvgIpc) is 3.46. The quantitative estimate of drug-likeness (QED) is 0.200. The molecular weight excluding hydrogens is 543 g/mol. The fraction of sp³-hybridized carbons (Fsp3) is 0. The summed E-state index contributed by atoms with van der Waals surface area (Å²) in [5.41, 5.74) is 2.99. The third kappa shape index (κ3) is 3.92. The molecule has 2 aromatic heterocycles. The molecule has 0 spiro atoms. The normalized spacial score (nSPS) is 11.7. The lowest BCUT2D eigenvalue weighted by molar-refractivity contribution is 1.08. The zero-order chi connectivity index (χ0) is 28.3. The Labute approximate surface area is 251 Å². The number of rotatable bonds is 3. The molecule has 0 fully saturated rings. The monoisotopic (exact) mass is 565 g/mol. The second-order valence-electron chi connectivity index (χ2n) is 10.8. The first kappa shape index (κ1) is 24.2. The van der Waals surface area contributed by atoms with E-state index in [4.69, 9.17) is 15.0 Å². The molecule has 43 heavy (non-hydrogen) atoms. The third-order valence-electron chi connectivity index (χ3n) is 8.30. The van der Waals surface area contributed by atoms with Crippen molar-refractivity contribution >= 4 is 63.8 Å². The van der Waals surface area contributed by atoms with Gasteiger partial charge in [0.2, 0.25) is 0 Å². The van der Waals surface area contributed by atoms with E-state index in [-0.39, 0.29) is 0 Å². The van der Waals surface area contributed by atoms with E-state index in [0.29, 0.717) is 17.5 Å². The number of thiophene rings is 1. The third-order valence-corrected chi connectivity index (χ3v) is 9.43. The van der Waals surface area contributed by atoms with Crippen molar-refractivity contribution < 1.29 is 0 Å². The predicted molar refractivity (Wildman–Crippen MR) is 182 cm³/mol. The highest BCUT2D eigenvalue weighted by molar-refractivity contribution is 7.25. The van der Waals surface area contributed by atoms with Crippen LogP contribution < -0.4 is 0 Å². The SMILES string of the molecule is c1ccc2cc(-c3nc(-c4cccc5ccc6ccccc6c45)nc(-c4cccc5sc6ccccc6c45)n3)ccc2c1. The van der Waals surface area contributed by atoms with Crippen molar-refractivity contribution in [2.24, 2.45) is 0 Å². The van der Waals surface area contributed by atoms with Crippen molar-refractivity contribution in [2.75, 3.05) is 0 Å². The van der Waals surface area contributed by atoms with Gasteiger partial charge in [-0.1, -0.05) is 121 Å². The molecule has 0 bridgehead atoms. The highest BCUT2D eigenvalue weighted by Gasteiger charge is 2.18. The van der Waals surface area contributed by atoms with Gasteiger partial charge in [-0.3, -0.25) is 0 Å². The molecule has 9 aromatic rings. The Bertz CT molecular complexity index is 2530. The second-order valence-corrected chi connectivity index (χ2v) is 11.9.